The van der Waals surface area contributed by atoms with Crippen LogP contribution in [0.15, 0.2) is 55.0 Å². The fourth-order valence-electron chi connectivity index (χ4n) is 2.20. The van der Waals surface area contributed by atoms with Gasteiger partial charge in [-0.15, -0.1) is 0 Å². The summed E-state index contributed by atoms with van der Waals surface area (Å²) in [5.41, 5.74) is 0.503. The highest BCUT2D eigenvalue weighted by Gasteiger charge is 2.30. The van der Waals surface area contributed by atoms with Crippen LogP contribution in [0.25, 0.3) is 22.6 Å². The molecule has 3 rings (SSSR count). The summed E-state index contributed by atoms with van der Waals surface area (Å²) in [6.07, 6.45) is 0.200. The van der Waals surface area contributed by atoms with Crippen LogP contribution in [-0.4, -0.2) is 22.1 Å². The average Bonchev–Trinajstić information content (AvgIpc) is 2.61. The maximum atomic E-state index is 12.9. The third kappa shape index (κ3) is 3.19. The lowest BCUT2D eigenvalue weighted by molar-refractivity contribution is -0.137. The van der Waals surface area contributed by atoms with Crippen molar-refractivity contribution in [1.29, 1.82) is 0 Å². The molecule has 0 atom stereocenters. The van der Waals surface area contributed by atoms with Crippen molar-refractivity contribution < 1.29 is 17.9 Å². The number of nitrogens with zero attached hydrogens (tertiary/aromatic N) is 3. The summed E-state index contributed by atoms with van der Waals surface area (Å²) in [5, 5.41) is 0. The molecule has 0 radical (unpaired) electrons. The Kier molecular flexibility index (Phi) is 4.16. The minimum absolute atomic E-state index is 0.289. The third-order valence-electron chi connectivity index (χ3n) is 3.36. The second-order valence-corrected chi connectivity index (χ2v) is 4.93. The summed E-state index contributed by atoms with van der Waals surface area (Å²) in [6.45, 7) is 0. The molecule has 0 aliphatic rings. The molecule has 24 heavy (non-hydrogen) atoms. The molecule has 0 bridgehead atoms. The molecule has 0 N–H and O–H groups in total. The Morgan fingerprint density at radius 2 is 1.79 bits per heavy atom. The molecule has 2 heterocycles. The second kappa shape index (κ2) is 6.27. The Bertz CT molecular complexity index is 851. The van der Waals surface area contributed by atoms with Crippen LogP contribution in [0, 0.1) is 0 Å². The highest BCUT2D eigenvalue weighted by molar-refractivity contribution is 5.69. The van der Waals surface area contributed by atoms with Crippen molar-refractivity contribution in [3.63, 3.8) is 0 Å². The predicted octanol–water partition coefficient (Wildman–Crippen LogP) is 4.23. The predicted molar refractivity (Wildman–Crippen MR) is 82.3 cm³/mol. The van der Waals surface area contributed by atoms with Gasteiger partial charge in [0.25, 0.3) is 0 Å². The van der Waals surface area contributed by atoms with Crippen molar-refractivity contribution >= 4 is 0 Å². The molecule has 0 aliphatic heterocycles. The first kappa shape index (κ1) is 15.9. The molecule has 3 aromatic rings. The quantitative estimate of drug-likeness (QED) is 0.720. The van der Waals surface area contributed by atoms with Crippen molar-refractivity contribution in [2.75, 3.05) is 7.11 Å². The molecule has 0 fully saturated rings. The summed E-state index contributed by atoms with van der Waals surface area (Å²) in [7, 11) is 1.42. The van der Waals surface area contributed by atoms with Crippen LogP contribution in [-0.2, 0) is 6.18 Å². The smallest absolute Gasteiger partial charge is 0.416 e. The van der Waals surface area contributed by atoms with Crippen molar-refractivity contribution in [2.45, 2.75) is 6.18 Å². The minimum atomic E-state index is -4.43. The number of rotatable bonds is 3. The van der Waals surface area contributed by atoms with Gasteiger partial charge in [-0.1, -0.05) is 12.1 Å². The molecule has 4 nitrogen and oxygen atoms in total. The van der Waals surface area contributed by atoms with Gasteiger partial charge in [0.1, 0.15) is 5.69 Å². The minimum Gasteiger partial charge on any atom is -0.493 e. The third-order valence-corrected chi connectivity index (χ3v) is 3.36. The molecule has 0 aliphatic carbocycles. The van der Waals surface area contributed by atoms with Crippen molar-refractivity contribution in [2.24, 2.45) is 0 Å². The van der Waals surface area contributed by atoms with E-state index in [4.69, 9.17) is 4.74 Å². The van der Waals surface area contributed by atoms with Gasteiger partial charge in [-0.2, -0.15) is 13.2 Å². The van der Waals surface area contributed by atoms with Crippen LogP contribution in [0.2, 0.25) is 0 Å². The first-order chi connectivity index (χ1) is 11.5. The summed E-state index contributed by atoms with van der Waals surface area (Å²) < 4.78 is 44.0. The number of ether oxygens (including phenoxy) is 1. The molecule has 0 amide bonds. The van der Waals surface area contributed by atoms with E-state index in [0.29, 0.717) is 22.7 Å². The van der Waals surface area contributed by atoms with Gasteiger partial charge in [0.15, 0.2) is 11.6 Å². The van der Waals surface area contributed by atoms with Crippen molar-refractivity contribution in [3.05, 3.63) is 60.6 Å². The van der Waals surface area contributed by atoms with Crippen molar-refractivity contribution in [3.8, 4) is 28.4 Å². The first-order valence-corrected chi connectivity index (χ1v) is 6.98. The summed E-state index contributed by atoms with van der Waals surface area (Å²) >= 11 is 0. The molecule has 122 valence electrons. The van der Waals surface area contributed by atoms with Gasteiger partial charge in [-0.3, -0.25) is 4.98 Å². The maximum Gasteiger partial charge on any atom is 0.416 e. The van der Waals surface area contributed by atoms with E-state index in [1.807, 2.05) is 0 Å². The Labute approximate surface area is 136 Å². The van der Waals surface area contributed by atoms with Crippen LogP contribution < -0.4 is 4.74 Å². The van der Waals surface area contributed by atoms with Gasteiger partial charge in [-0.25, -0.2) is 9.97 Å². The largest absolute Gasteiger partial charge is 0.493 e. The molecule has 0 spiro atoms. The second-order valence-electron chi connectivity index (χ2n) is 4.93. The highest BCUT2D eigenvalue weighted by atomic mass is 19.4. The van der Waals surface area contributed by atoms with Crippen LogP contribution in [0.3, 0.4) is 0 Å². The number of hydrogen-bond donors (Lipinski definition) is 0. The van der Waals surface area contributed by atoms with E-state index in [2.05, 4.69) is 15.0 Å². The topological polar surface area (TPSA) is 47.9 Å². The van der Waals surface area contributed by atoms with Gasteiger partial charge in [0, 0.05) is 23.5 Å². The van der Waals surface area contributed by atoms with Gasteiger partial charge in [-0.05, 0) is 24.3 Å². The fourth-order valence-corrected chi connectivity index (χ4v) is 2.20. The van der Waals surface area contributed by atoms with Crippen LogP contribution in [0.4, 0.5) is 13.2 Å². The SMILES string of the molecule is COc1cnc(-c2cccnc2)nc1-c1cccc(C(F)(F)F)c1. The molecule has 1 aromatic carbocycles. The van der Waals surface area contributed by atoms with Gasteiger partial charge in [0.2, 0.25) is 0 Å². The molecular formula is C17H12F3N3O. The van der Waals surface area contributed by atoms with E-state index in [1.165, 1.54) is 19.4 Å². The Morgan fingerprint density at radius 3 is 2.46 bits per heavy atom. The number of hydrogen-bond acceptors (Lipinski definition) is 4. The van der Waals surface area contributed by atoms with Crippen molar-refractivity contribution in [1.82, 2.24) is 15.0 Å². The molecule has 7 heteroatoms. The monoisotopic (exact) mass is 331 g/mol. The number of benzene rings is 1. The van der Waals surface area contributed by atoms with E-state index in [1.54, 1.807) is 30.6 Å². The lowest BCUT2D eigenvalue weighted by Gasteiger charge is -2.12. The number of alkyl halides is 3. The van der Waals surface area contributed by atoms with E-state index < -0.39 is 11.7 Å². The summed E-state index contributed by atoms with van der Waals surface area (Å²) in [5.74, 6) is 0.651. The Balaban J connectivity index is 2.13. The van der Waals surface area contributed by atoms with E-state index in [9.17, 15) is 13.2 Å². The lowest BCUT2D eigenvalue weighted by Crippen LogP contribution is -2.05. The lowest BCUT2D eigenvalue weighted by atomic mass is 10.1. The normalized spacial score (nSPS) is 11.3. The van der Waals surface area contributed by atoms with Crippen LogP contribution in [0.1, 0.15) is 5.56 Å². The number of methoxy groups -OCH3 is 1. The summed E-state index contributed by atoms with van der Waals surface area (Å²) in [4.78, 5) is 12.5. The molecule has 0 saturated carbocycles. The summed E-state index contributed by atoms with van der Waals surface area (Å²) in [6, 6.07) is 8.44. The molecule has 0 unspecified atom stereocenters. The molecule has 2 aromatic heterocycles. The fraction of sp³-hybridized carbons (Fsp3) is 0.118. The Hall–Kier alpha value is -2.96. The Morgan fingerprint density at radius 1 is 1.00 bits per heavy atom. The highest BCUT2D eigenvalue weighted by Crippen LogP contribution is 2.34. The molecular weight excluding hydrogens is 319 g/mol. The van der Waals surface area contributed by atoms with E-state index >= 15 is 0 Å². The van der Waals surface area contributed by atoms with E-state index in [0.717, 1.165) is 12.1 Å². The average molecular weight is 331 g/mol. The zero-order valence-corrected chi connectivity index (χ0v) is 12.6. The van der Waals surface area contributed by atoms with Crippen LogP contribution in [0.5, 0.6) is 5.75 Å². The number of pyridine rings is 1. The zero-order valence-electron chi connectivity index (χ0n) is 12.6. The van der Waals surface area contributed by atoms with Gasteiger partial charge in [0.05, 0.1) is 18.9 Å². The van der Waals surface area contributed by atoms with Crippen LogP contribution >= 0.6 is 0 Å². The number of halogens is 3. The first-order valence-electron chi connectivity index (χ1n) is 6.98. The zero-order chi connectivity index (χ0) is 17.2. The molecule has 0 saturated heterocycles. The standard InChI is InChI=1S/C17H12F3N3O/c1-24-14-10-22-16(12-5-3-7-21-9-12)23-15(14)11-4-2-6-13(8-11)17(18,19)20/h2-10H,1H3. The number of aromatic nitrogens is 3. The van der Waals surface area contributed by atoms with E-state index in [-0.39, 0.29) is 5.69 Å². The maximum absolute atomic E-state index is 12.9. The van der Waals surface area contributed by atoms with Gasteiger partial charge < -0.3 is 4.74 Å². The van der Waals surface area contributed by atoms with Gasteiger partial charge >= 0.3 is 6.18 Å².